The highest BCUT2D eigenvalue weighted by Crippen LogP contribution is 2.21. The van der Waals surface area contributed by atoms with Crippen molar-refractivity contribution >= 4 is 7.69 Å². The third-order valence-electron chi connectivity index (χ3n) is 1.32. The van der Waals surface area contributed by atoms with Crippen LogP contribution in [0, 0.1) is 5.82 Å². The lowest BCUT2D eigenvalue weighted by atomic mass is 10.3. The largest absolute Gasteiger partial charge is 0.569 e. The first kappa shape index (κ1) is 8.87. The van der Waals surface area contributed by atoms with E-state index in [1.807, 2.05) is 0 Å². The van der Waals surface area contributed by atoms with Crippen LogP contribution in [-0.4, -0.2) is 19.8 Å². The smallest absolute Gasteiger partial charge is 0.535 e. The maximum Gasteiger partial charge on any atom is 0.569 e. The van der Waals surface area contributed by atoms with E-state index in [9.17, 15) is 4.39 Å². The molecule has 3 nitrogen and oxygen atoms in total. The van der Waals surface area contributed by atoms with Gasteiger partial charge in [0.15, 0.2) is 5.82 Å². The van der Waals surface area contributed by atoms with Gasteiger partial charge in [-0.25, -0.2) is 4.39 Å². The van der Waals surface area contributed by atoms with Gasteiger partial charge in [-0.1, -0.05) is 0 Å². The van der Waals surface area contributed by atoms with Crippen molar-refractivity contribution < 1.29 is 18.8 Å². The van der Waals surface area contributed by atoms with Gasteiger partial charge in [-0.2, -0.15) is 0 Å². The molecule has 1 aromatic carbocycles. The molecule has 0 atom stereocenters. The Morgan fingerprint density at radius 2 is 2.25 bits per heavy atom. The third-order valence-corrected chi connectivity index (χ3v) is 1.32. The minimum atomic E-state index is -0.584. The lowest BCUT2D eigenvalue weighted by molar-refractivity contribution is 0.402. The van der Waals surface area contributed by atoms with Crippen molar-refractivity contribution in [2.75, 3.05) is 7.11 Å². The first-order valence-electron chi connectivity index (χ1n) is 3.24. The number of halogens is 1. The van der Waals surface area contributed by atoms with E-state index in [0.717, 1.165) is 0 Å². The summed E-state index contributed by atoms with van der Waals surface area (Å²) in [6.45, 7) is 0. The van der Waals surface area contributed by atoms with Crippen molar-refractivity contribution in [3.05, 3.63) is 24.0 Å². The molecule has 63 valence electrons. The molecular formula is C7H7BFO3. The van der Waals surface area contributed by atoms with Crippen LogP contribution in [0.5, 0.6) is 11.5 Å². The van der Waals surface area contributed by atoms with Crippen molar-refractivity contribution in [1.82, 2.24) is 0 Å². The third kappa shape index (κ3) is 1.89. The molecule has 0 bridgehead atoms. The number of rotatable bonds is 3. The predicted octanol–water partition coefficient (Wildman–Crippen LogP) is 0.740. The Morgan fingerprint density at radius 1 is 1.50 bits per heavy atom. The molecule has 0 unspecified atom stereocenters. The molecule has 1 aromatic rings. The fourth-order valence-electron chi connectivity index (χ4n) is 0.761. The Bertz CT molecular complexity index is 267. The second kappa shape index (κ2) is 3.97. The highest BCUT2D eigenvalue weighted by molar-refractivity contribution is 6.17. The Morgan fingerprint density at radius 3 is 2.75 bits per heavy atom. The van der Waals surface area contributed by atoms with Crippen LogP contribution in [0.15, 0.2) is 18.2 Å². The first-order chi connectivity index (χ1) is 5.77. The average molecular weight is 169 g/mol. The summed E-state index contributed by atoms with van der Waals surface area (Å²) in [4.78, 5) is 0. The molecule has 1 radical (unpaired) electrons. The number of benzene rings is 1. The summed E-state index contributed by atoms with van der Waals surface area (Å²) < 4.78 is 22.1. The van der Waals surface area contributed by atoms with Crippen molar-refractivity contribution in [3.8, 4) is 11.5 Å². The van der Waals surface area contributed by atoms with Gasteiger partial charge in [-0.3, -0.25) is 0 Å². The van der Waals surface area contributed by atoms with E-state index in [2.05, 4.69) is 4.65 Å². The van der Waals surface area contributed by atoms with Crippen molar-refractivity contribution in [1.29, 1.82) is 0 Å². The maximum absolute atomic E-state index is 12.9. The van der Waals surface area contributed by atoms with Crippen LogP contribution < -0.4 is 9.39 Å². The predicted molar refractivity (Wildman–Crippen MR) is 41.6 cm³/mol. The van der Waals surface area contributed by atoms with Gasteiger partial charge in [-0.05, 0) is 12.1 Å². The van der Waals surface area contributed by atoms with E-state index >= 15 is 0 Å². The molecule has 1 N–H and O–H groups in total. The van der Waals surface area contributed by atoms with Gasteiger partial charge in [0.05, 0.1) is 7.11 Å². The van der Waals surface area contributed by atoms with Crippen molar-refractivity contribution in [2.24, 2.45) is 0 Å². The lowest BCUT2D eigenvalue weighted by Gasteiger charge is -2.04. The molecule has 0 saturated carbocycles. The summed E-state index contributed by atoms with van der Waals surface area (Å²) in [5.74, 6) is -0.226. The second-order valence-electron chi connectivity index (χ2n) is 2.02. The van der Waals surface area contributed by atoms with Crippen molar-refractivity contribution in [3.63, 3.8) is 0 Å². The fourth-order valence-corrected chi connectivity index (χ4v) is 0.761. The molecule has 0 aliphatic rings. The summed E-state index contributed by atoms with van der Waals surface area (Å²) in [6.07, 6.45) is 0. The molecule has 0 saturated heterocycles. The highest BCUT2D eigenvalue weighted by atomic mass is 19.1. The molecule has 0 aromatic heterocycles. The Balaban J connectivity index is 2.87. The molecule has 0 heterocycles. The number of ether oxygens (including phenoxy) is 1. The topological polar surface area (TPSA) is 38.7 Å². The standard InChI is InChI=1S/C7H7BFO3/c1-11-5-2-3-7(12-8-10)6(9)4-5/h2-4,10H,1H3. The van der Waals surface area contributed by atoms with E-state index in [0.29, 0.717) is 13.4 Å². The fraction of sp³-hybridized carbons (Fsp3) is 0.143. The van der Waals surface area contributed by atoms with E-state index < -0.39 is 5.82 Å². The summed E-state index contributed by atoms with van der Waals surface area (Å²) >= 11 is 0. The minimum absolute atomic E-state index is 0.0432. The highest BCUT2D eigenvalue weighted by Gasteiger charge is 2.04. The SMILES string of the molecule is COc1ccc(O[B]O)c(F)c1. The van der Waals surface area contributed by atoms with E-state index in [-0.39, 0.29) is 5.75 Å². The molecule has 0 spiro atoms. The van der Waals surface area contributed by atoms with E-state index in [4.69, 9.17) is 9.76 Å². The second-order valence-corrected chi connectivity index (χ2v) is 2.02. The van der Waals surface area contributed by atoms with Gasteiger partial charge in [0.25, 0.3) is 0 Å². The molecule has 0 aliphatic heterocycles. The molecule has 0 fully saturated rings. The monoisotopic (exact) mass is 169 g/mol. The Labute approximate surface area is 70.0 Å². The molecule has 5 heteroatoms. The number of hydrogen-bond donors (Lipinski definition) is 1. The number of methoxy groups -OCH3 is 1. The van der Waals surface area contributed by atoms with Crippen molar-refractivity contribution in [2.45, 2.75) is 0 Å². The zero-order valence-electron chi connectivity index (χ0n) is 6.45. The van der Waals surface area contributed by atoms with Gasteiger partial charge in [0, 0.05) is 6.07 Å². The van der Waals surface area contributed by atoms with E-state index in [1.54, 1.807) is 0 Å². The van der Waals surface area contributed by atoms with Crippen LogP contribution in [0.3, 0.4) is 0 Å². The summed E-state index contributed by atoms with van der Waals surface area (Å²) in [6, 6.07) is 4.06. The summed E-state index contributed by atoms with van der Waals surface area (Å²) in [7, 11) is 1.86. The van der Waals surface area contributed by atoms with Gasteiger partial charge in [-0.15, -0.1) is 0 Å². The van der Waals surface area contributed by atoms with Crippen LogP contribution in [0.1, 0.15) is 0 Å². The first-order valence-corrected chi connectivity index (χ1v) is 3.24. The zero-order chi connectivity index (χ0) is 8.97. The van der Waals surface area contributed by atoms with Crippen LogP contribution in [0.4, 0.5) is 4.39 Å². The molecular weight excluding hydrogens is 162 g/mol. The lowest BCUT2D eigenvalue weighted by Crippen LogP contribution is -2.01. The molecule has 12 heavy (non-hydrogen) atoms. The normalized spacial score (nSPS) is 9.25. The van der Waals surface area contributed by atoms with Gasteiger partial charge in [0.2, 0.25) is 0 Å². The molecule has 0 amide bonds. The Hall–Kier alpha value is -1.23. The zero-order valence-corrected chi connectivity index (χ0v) is 6.45. The van der Waals surface area contributed by atoms with Crippen LogP contribution in [0.2, 0.25) is 0 Å². The van der Waals surface area contributed by atoms with Gasteiger partial charge in [0.1, 0.15) is 11.5 Å². The van der Waals surface area contributed by atoms with Crippen LogP contribution >= 0.6 is 0 Å². The van der Waals surface area contributed by atoms with Gasteiger partial charge >= 0.3 is 7.69 Å². The van der Waals surface area contributed by atoms with Crippen LogP contribution in [0.25, 0.3) is 0 Å². The minimum Gasteiger partial charge on any atom is -0.535 e. The van der Waals surface area contributed by atoms with Crippen LogP contribution in [-0.2, 0) is 0 Å². The summed E-state index contributed by atoms with van der Waals surface area (Å²) in [5, 5.41) is 8.23. The maximum atomic E-state index is 12.9. The van der Waals surface area contributed by atoms with Gasteiger partial charge < -0.3 is 14.4 Å². The molecule has 1 rings (SSSR count). The average Bonchev–Trinajstić information content (AvgIpc) is 2.09. The number of hydrogen-bond acceptors (Lipinski definition) is 3. The summed E-state index contributed by atoms with van der Waals surface area (Å²) in [5.41, 5.74) is 0. The molecule has 0 aliphatic carbocycles. The Kier molecular flexibility index (Phi) is 2.93. The van der Waals surface area contributed by atoms with E-state index in [1.165, 1.54) is 25.3 Å². The quantitative estimate of drug-likeness (QED) is 0.678.